The molecule has 1 aromatic heterocycles. The van der Waals surface area contributed by atoms with Gasteiger partial charge < -0.3 is 15.4 Å². The molecule has 3 rings (SSSR count). The Balaban J connectivity index is 0.00000408. The summed E-state index contributed by atoms with van der Waals surface area (Å²) in [5.41, 5.74) is 4.86. The van der Waals surface area contributed by atoms with E-state index in [1.165, 1.54) is 6.92 Å². The lowest BCUT2D eigenvalue weighted by Gasteiger charge is -2.09. The fraction of sp³-hybridized carbons (Fsp3) is 0.250. The monoisotopic (exact) mass is 485 g/mol. The van der Waals surface area contributed by atoms with Crippen molar-refractivity contribution in [3.63, 3.8) is 0 Å². The molecule has 34 heavy (non-hydrogen) atoms. The first-order chi connectivity index (χ1) is 16.0. The number of anilines is 3. The number of benzene rings is 2. The van der Waals surface area contributed by atoms with Gasteiger partial charge in [0.2, 0.25) is 17.8 Å². The van der Waals surface area contributed by atoms with Crippen LogP contribution in [0.2, 0.25) is 0 Å². The molecule has 9 nitrogen and oxygen atoms in total. The molecule has 0 fully saturated rings. The summed E-state index contributed by atoms with van der Waals surface area (Å²) in [6.07, 6.45) is 4.37. The standard InChI is InChI=1S/C24H27N5O4.ClH/c1-17(30)26-19-8-6-18(7-9-19)22-14-15-25-24(28-22)27-20-10-12-21(13-11-20)33-16-4-2-3-5-23(31)29-32;/h6-15,32H,2-5,16H2,1H3,(H,26,30)(H,29,31)(H,25,27,28);1H. The zero-order valence-corrected chi connectivity index (χ0v) is 19.6. The summed E-state index contributed by atoms with van der Waals surface area (Å²) in [5, 5.41) is 14.4. The van der Waals surface area contributed by atoms with Crippen LogP contribution in [0.15, 0.2) is 60.8 Å². The van der Waals surface area contributed by atoms with Gasteiger partial charge in [-0.05, 0) is 61.7 Å². The predicted octanol–water partition coefficient (Wildman–Crippen LogP) is 4.71. The number of halogens is 1. The van der Waals surface area contributed by atoms with Gasteiger partial charge in [-0.3, -0.25) is 14.8 Å². The van der Waals surface area contributed by atoms with Crippen LogP contribution in [-0.2, 0) is 9.59 Å². The van der Waals surface area contributed by atoms with Gasteiger partial charge in [-0.2, -0.15) is 0 Å². The average molecular weight is 486 g/mol. The Labute approximate surface area is 204 Å². The minimum atomic E-state index is -0.367. The lowest BCUT2D eigenvalue weighted by molar-refractivity contribution is -0.129. The third-order valence-electron chi connectivity index (χ3n) is 4.71. The van der Waals surface area contributed by atoms with Gasteiger partial charge >= 0.3 is 0 Å². The molecule has 10 heteroatoms. The molecule has 0 bridgehead atoms. The van der Waals surface area contributed by atoms with Crippen molar-refractivity contribution < 1.29 is 19.5 Å². The van der Waals surface area contributed by atoms with Gasteiger partial charge in [0, 0.05) is 36.5 Å². The van der Waals surface area contributed by atoms with E-state index in [-0.39, 0.29) is 24.2 Å². The third-order valence-corrected chi connectivity index (χ3v) is 4.71. The zero-order valence-electron chi connectivity index (χ0n) is 18.8. The summed E-state index contributed by atoms with van der Waals surface area (Å²) < 4.78 is 5.72. The van der Waals surface area contributed by atoms with Gasteiger partial charge in [0.1, 0.15) is 5.75 Å². The average Bonchev–Trinajstić information content (AvgIpc) is 2.82. The number of ether oxygens (including phenoxy) is 1. The van der Waals surface area contributed by atoms with E-state index in [4.69, 9.17) is 9.94 Å². The Kier molecular flexibility index (Phi) is 10.8. The molecule has 0 aliphatic heterocycles. The number of hydrogen-bond donors (Lipinski definition) is 4. The number of hydroxylamine groups is 1. The first-order valence-electron chi connectivity index (χ1n) is 10.7. The topological polar surface area (TPSA) is 125 Å². The lowest BCUT2D eigenvalue weighted by Crippen LogP contribution is -2.17. The summed E-state index contributed by atoms with van der Waals surface area (Å²) in [7, 11) is 0. The van der Waals surface area contributed by atoms with E-state index in [1.807, 2.05) is 54.6 Å². The predicted molar refractivity (Wildman–Crippen MR) is 133 cm³/mol. The van der Waals surface area contributed by atoms with Crippen LogP contribution < -0.4 is 20.9 Å². The molecule has 0 radical (unpaired) electrons. The third kappa shape index (κ3) is 8.68. The maximum atomic E-state index is 11.2. The highest BCUT2D eigenvalue weighted by Gasteiger charge is 2.05. The van der Waals surface area contributed by atoms with Crippen molar-refractivity contribution in [2.24, 2.45) is 0 Å². The van der Waals surface area contributed by atoms with Crippen molar-refractivity contribution in [3.8, 4) is 17.0 Å². The van der Waals surface area contributed by atoms with Crippen molar-refractivity contribution in [1.29, 1.82) is 0 Å². The highest BCUT2D eigenvalue weighted by atomic mass is 35.5. The van der Waals surface area contributed by atoms with E-state index >= 15 is 0 Å². The molecule has 0 aliphatic carbocycles. The number of rotatable bonds is 11. The number of aromatic nitrogens is 2. The van der Waals surface area contributed by atoms with E-state index in [0.717, 1.165) is 41.2 Å². The highest BCUT2D eigenvalue weighted by Crippen LogP contribution is 2.22. The number of nitrogens with zero attached hydrogens (tertiary/aromatic N) is 2. The number of unbranched alkanes of at least 4 members (excludes halogenated alkanes) is 2. The van der Waals surface area contributed by atoms with Gasteiger partial charge in [-0.25, -0.2) is 15.4 Å². The van der Waals surface area contributed by atoms with Crippen LogP contribution in [0.5, 0.6) is 5.75 Å². The van der Waals surface area contributed by atoms with Crippen LogP contribution in [0.3, 0.4) is 0 Å². The Bertz CT molecular complexity index is 1060. The van der Waals surface area contributed by atoms with Gasteiger partial charge in [0.25, 0.3) is 0 Å². The maximum Gasteiger partial charge on any atom is 0.243 e. The van der Waals surface area contributed by atoms with E-state index in [9.17, 15) is 9.59 Å². The molecule has 180 valence electrons. The van der Waals surface area contributed by atoms with Crippen LogP contribution in [0, 0.1) is 0 Å². The SMILES string of the molecule is CC(=O)Nc1ccc(-c2ccnc(Nc3ccc(OCCCCCC(=O)NO)cc3)n2)cc1.Cl. The quantitative estimate of drug-likeness (QED) is 0.176. The molecule has 0 aliphatic rings. The van der Waals surface area contributed by atoms with Crippen LogP contribution in [-0.4, -0.2) is 33.6 Å². The van der Waals surface area contributed by atoms with E-state index in [1.54, 1.807) is 11.7 Å². The molecule has 1 heterocycles. The van der Waals surface area contributed by atoms with Gasteiger partial charge in [-0.15, -0.1) is 12.4 Å². The summed E-state index contributed by atoms with van der Waals surface area (Å²) in [6, 6.07) is 16.8. The number of hydrogen-bond acceptors (Lipinski definition) is 7. The molecule has 4 N–H and O–H groups in total. The van der Waals surface area contributed by atoms with E-state index < -0.39 is 0 Å². The van der Waals surface area contributed by atoms with Crippen LogP contribution in [0.25, 0.3) is 11.3 Å². The lowest BCUT2D eigenvalue weighted by atomic mass is 10.1. The van der Waals surface area contributed by atoms with E-state index in [2.05, 4.69) is 20.6 Å². The molecule has 0 atom stereocenters. The largest absolute Gasteiger partial charge is 0.494 e. The van der Waals surface area contributed by atoms with E-state index in [0.29, 0.717) is 25.4 Å². The molecule has 0 saturated carbocycles. The number of carbonyl (C=O) groups excluding carboxylic acids is 2. The van der Waals surface area contributed by atoms with Crippen LogP contribution in [0.1, 0.15) is 32.6 Å². The van der Waals surface area contributed by atoms with Gasteiger partial charge in [0.05, 0.1) is 12.3 Å². The summed E-state index contributed by atoms with van der Waals surface area (Å²) >= 11 is 0. The summed E-state index contributed by atoms with van der Waals surface area (Å²) in [6.45, 7) is 2.03. The fourth-order valence-electron chi connectivity index (χ4n) is 3.08. The molecule has 0 saturated heterocycles. The van der Waals surface area contributed by atoms with Gasteiger partial charge in [-0.1, -0.05) is 12.1 Å². The first-order valence-corrected chi connectivity index (χ1v) is 10.7. The first kappa shape index (κ1) is 26.6. The second-order valence-electron chi connectivity index (χ2n) is 7.37. The van der Waals surface area contributed by atoms with Crippen molar-refractivity contribution in [1.82, 2.24) is 15.4 Å². The molecule has 3 aromatic rings. The van der Waals surface area contributed by atoms with Crippen molar-refractivity contribution in [3.05, 3.63) is 60.8 Å². The van der Waals surface area contributed by atoms with Crippen molar-refractivity contribution in [2.45, 2.75) is 32.6 Å². The molecule has 2 aromatic carbocycles. The molecule has 2 amide bonds. The number of amides is 2. The summed E-state index contributed by atoms with van der Waals surface area (Å²) in [5.74, 6) is 0.743. The van der Waals surface area contributed by atoms with Crippen molar-refractivity contribution >= 4 is 41.5 Å². The minimum absolute atomic E-state index is 0. The molecular formula is C24H28ClN5O4. The normalized spacial score (nSPS) is 10.1. The Morgan fingerprint density at radius 2 is 1.65 bits per heavy atom. The van der Waals surface area contributed by atoms with Crippen LogP contribution >= 0.6 is 12.4 Å². The molecule has 0 spiro atoms. The summed E-state index contributed by atoms with van der Waals surface area (Å²) in [4.78, 5) is 30.9. The smallest absolute Gasteiger partial charge is 0.243 e. The fourth-order valence-corrected chi connectivity index (χ4v) is 3.08. The Hall–Kier alpha value is -3.69. The van der Waals surface area contributed by atoms with Crippen molar-refractivity contribution in [2.75, 3.05) is 17.2 Å². The number of nitrogens with one attached hydrogen (secondary N) is 3. The van der Waals surface area contributed by atoms with Crippen LogP contribution in [0.4, 0.5) is 17.3 Å². The molecule has 0 unspecified atom stereocenters. The second-order valence-corrected chi connectivity index (χ2v) is 7.37. The zero-order chi connectivity index (χ0) is 23.5. The number of carbonyl (C=O) groups is 2. The second kappa shape index (κ2) is 13.8. The Morgan fingerprint density at radius 1 is 0.941 bits per heavy atom. The maximum absolute atomic E-state index is 11.2. The minimum Gasteiger partial charge on any atom is -0.494 e. The highest BCUT2D eigenvalue weighted by molar-refractivity contribution is 5.88. The molecular weight excluding hydrogens is 458 g/mol. The van der Waals surface area contributed by atoms with Gasteiger partial charge in [0.15, 0.2) is 0 Å². The Morgan fingerprint density at radius 3 is 2.32 bits per heavy atom.